The van der Waals surface area contributed by atoms with Crippen LogP contribution in [0, 0.1) is 0 Å². The highest BCUT2D eigenvalue weighted by molar-refractivity contribution is 6.14. The summed E-state index contributed by atoms with van der Waals surface area (Å²) in [6.45, 7) is 0. The van der Waals surface area contributed by atoms with Crippen LogP contribution in [0.5, 0.6) is 0 Å². The molecule has 3 nitrogen and oxygen atoms in total. The topological polar surface area (TPSA) is 30.7 Å². The molecule has 0 bridgehead atoms. The van der Waals surface area contributed by atoms with Crippen LogP contribution >= 0.6 is 0 Å². The molecule has 3 heteroatoms. The van der Waals surface area contributed by atoms with E-state index in [0.717, 1.165) is 55.5 Å². The van der Waals surface area contributed by atoms with E-state index in [2.05, 4.69) is 193 Å². The van der Waals surface area contributed by atoms with Gasteiger partial charge in [0.15, 0.2) is 5.65 Å². The van der Waals surface area contributed by atoms with Crippen LogP contribution in [0.15, 0.2) is 188 Å². The number of benzene rings is 9. The van der Waals surface area contributed by atoms with E-state index in [1.165, 1.54) is 49.0 Å². The lowest BCUT2D eigenvalue weighted by atomic mass is 9.93. The monoisotopic (exact) mass is 673 g/mol. The molecule has 0 atom stereocenters. The zero-order valence-electron chi connectivity index (χ0n) is 28.7. The third kappa shape index (κ3) is 4.82. The minimum atomic E-state index is 0.845. The molecule has 0 unspecified atom stereocenters. The molecule has 0 aliphatic heterocycles. The molecule has 0 aliphatic rings. The summed E-state index contributed by atoms with van der Waals surface area (Å²) in [5.74, 6) is 0. The van der Waals surface area contributed by atoms with Gasteiger partial charge in [0.25, 0.3) is 0 Å². The Balaban J connectivity index is 1.14. The van der Waals surface area contributed by atoms with Crippen LogP contribution in [0.2, 0.25) is 0 Å². The van der Waals surface area contributed by atoms with Crippen LogP contribution < -0.4 is 0 Å². The van der Waals surface area contributed by atoms with Crippen molar-refractivity contribution < 1.29 is 0 Å². The zero-order chi connectivity index (χ0) is 34.9. The molecule has 53 heavy (non-hydrogen) atoms. The minimum Gasteiger partial charge on any atom is -0.292 e. The molecule has 0 spiro atoms. The average Bonchev–Trinajstić information content (AvgIpc) is 3.55. The van der Waals surface area contributed by atoms with Crippen molar-refractivity contribution in [3.63, 3.8) is 0 Å². The molecule has 0 aliphatic carbocycles. The number of hydrogen-bond donors (Lipinski definition) is 0. The van der Waals surface area contributed by atoms with Crippen molar-refractivity contribution in [2.24, 2.45) is 0 Å². The molecule has 9 aromatic carbocycles. The van der Waals surface area contributed by atoms with Gasteiger partial charge in [0.1, 0.15) is 5.52 Å². The molecule has 2 aromatic heterocycles. The summed E-state index contributed by atoms with van der Waals surface area (Å²) in [6.07, 6.45) is 0. The van der Waals surface area contributed by atoms with Gasteiger partial charge >= 0.3 is 0 Å². The number of aromatic nitrogens is 3. The summed E-state index contributed by atoms with van der Waals surface area (Å²) in [7, 11) is 0. The van der Waals surface area contributed by atoms with Gasteiger partial charge < -0.3 is 0 Å². The Morgan fingerprint density at radius 3 is 1.85 bits per heavy atom. The van der Waals surface area contributed by atoms with Crippen LogP contribution in [0.1, 0.15) is 0 Å². The molecule has 246 valence electrons. The van der Waals surface area contributed by atoms with Gasteiger partial charge in [0.05, 0.1) is 16.6 Å². The summed E-state index contributed by atoms with van der Waals surface area (Å²) in [5.41, 5.74) is 12.6. The van der Waals surface area contributed by atoms with E-state index >= 15 is 0 Å². The van der Waals surface area contributed by atoms with Gasteiger partial charge in [0, 0.05) is 11.1 Å². The second kappa shape index (κ2) is 11.7. The maximum atomic E-state index is 5.39. The van der Waals surface area contributed by atoms with Crippen molar-refractivity contribution in [3.05, 3.63) is 188 Å². The first-order valence-electron chi connectivity index (χ1n) is 18.1. The second-order valence-electron chi connectivity index (χ2n) is 13.8. The van der Waals surface area contributed by atoms with Crippen molar-refractivity contribution in [1.82, 2.24) is 14.5 Å². The number of hydrogen-bond acceptors (Lipinski definition) is 2. The van der Waals surface area contributed by atoms with Gasteiger partial charge in [0.2, 0.25) is 0 Å². The second-order valence-corrected chi connectivity index (χ2v) is 13.8. The summed E-state index contributed by atoms with van der Waals surface area (Å²) >= 11 is 0. The van der Waals surface area contributed by atoms with Gasteiger partial charge in [-0.1, -0.05) is 140 Å². The molecule has 0 saturated carbocycles. The van der Waals surface area contributed by atoms with Gasteiger partial charge in [-0.05, 0) is 114 Å². The summed E-state index contributed by atoms with van der Waals surface area (Å²) in [4.78, 5) is 10.8. The molecule has 0 amide bonds. The van der Waals surface area contributed by atoms with Crippen LogP contribution in [0.3, 0.4) is 0 Å². The Hall–Kier alpha value is -7.10. The number of fused-ring (bicyclic) bond motifs is 8. The molecule has 0 N–H and O–H groups in total. The number of rotatable bonds is 4. The Morgan fingerprint density at radius 1 is 0.340 bits per heavy atom. The molecule has 0 radical (unpaired) electrons. The highest BCUT2D eigenvalue weighted by Gasteiger charge is 2.18. The predicted molar refractivity (Wildman–Crippen MR) is 223 cm³/mol. The maximum absolute atomic E-state index is 5.39. The summed E-state index contributed by atoms with van der Waals surface area (Å²) in [5, 5.41) is 8.52. The fourth-order valence-corrected chi connectivity index (χ4v) is 8.16. The minimum absolute atomic E-state index is 0.845. The lowest BCUT2D eigenvalue weighted by Gasteiger charge is -2.14. The molecular formula is C50H31N3. The van der Waals surface area contributed by atoms with Gasteiger partial charge in [-0.2, -0.15) is 0 Å². The van der Waals surface area contributed by atoms with Crippen LogP contribution in [0.25, 0.3) is 104 Å². The first-order valence-corrected chi connectivity index (χ1v) is 18.1. The third-order valence-corrected chi connectivity index (χ3v) is 10.7. The lowest BCUT2D eigenvalue weighted by Crippen LogP contribution is -1.98. The fraction of sp³-hybridized carbons (Fsp3) is 0. The molecular weight excluding hydrogens is 643 g/mol. The van der Waals surface area contributed by atoms with E-state index in [0.29, 0.717) is 0 Å². The Morgan fingerprint density at radius 2 is 1.00 bits per heavy atom. The van der Waals surface area contributed by atoms with E-state index in [9.17, 15) is 0 Å². The van der Waals surface area contributed by atoms with Crippen molar-refractivity contribution in [2.75, 3.05) is 0 Å². The molecule has 0 fully saturated rings. The first kappa shape index (κ1) is 29.6. The van der Waals surface area contributed by atoms with E-state index in [4.69, 9.17) is 9.97 Å². The summed E-state index contributed by atoms with van der Waals surface area (Å²) < 4.78 is 2.29. The first-order chi connectivity index (χ1) is 26.2. The number of nitrogens with zero attached hydrogens (tertiary/aromatic N) is 3. The fourth-order valence-electron chi connectivity index (χ4n) is 8.16. The van der Waals surface area contributed by atoms with Crippen LogP contribution in [0.4, 0.5) is 0 Å². The van der Waals surface area contributed by atoms with Gasteiger partial charge in [-0.3, -0.25) is 4.57 Å². The van der Waals surface area contributed by atoms with Gasteiger partial charge in [-0.15, -0.1) is 0 Å². The van der Waals surface area contributed by atoms with Crippen molar-refractivity contribution in [3.8, 4) is 39.1 Å². The Kier molecular flexibility index (Phi) is 6.55. The van der Waals surface area contributed by atoms with E-state index in [-0.39, 0.29) is 0 Å². The van der Waals surface area contributed by atoms with E-state index < -0.39 is 0 Å². The van der Waals surface area contributed by atoms with E-state index in [1.54, 1.807) is 0 Å². The highest BCUT2D eigenvalue weighted by atomic mass is 15.1. The highest BCUT2D eigenvalue weighted by Crippen LogP contribution is 2.39. The van der Waals surface area contributed by atoms with Crippen molar-refractivity contribution in [2.45, 2.75) is 0 Å². The van der Waals surface area contributed by atoms with Gasteiger partial charge in [-0.25, -0.2) is 9.97 Å². The third-order valence-electron chi connectivity index (χ3n) is 10.7. The van der Waals surface area contributed by atoms with Crippen molar-refractivity contribution >= 4 is 65.4 Å². The standard InChI is InChI=1S/C50H31N3/c1-2-12-32(13-3-1)38-27-39(35-23-22-33-14-4-5-15-34(33)26-35)29-40(28-38)53-48-21-11-10-20-44(48)49-50(53)52-46-25-24-37(31-47(46)51-49)45-30-36-16-6-7-17-41(36)42-18-8-9-19-43(42)45/h1-31H. The van der Waals surface area contributed by atoms with E-state index in [1.807, 2.05) is 0 Å². The maximum Gasteiger partial charge on any atom is 0.165 e. The zero-order valence-corrected chi connectivity index (χ0v) is 28.7. The summed E-state index contributed by atoms with van der Waals surface area (Å²) in [6, 6.07) is 67.5. The SMILES string of the molecule is c1ccc(-c2cc(-c3ccc4ccccc4c3)cc(-n3c4ccccc4c4nc5cc(-c6cc7ccccc7c7ccccc67)ccc5nc43)c2)cc1. The molecule has 11 rings (SSSR count). The normalized spacial score (nSPS) is 11.8. The van der Waals surface area contributed by atoms with Crippen molar-refractivity contribution in [1.29, 1.82) is 0 Å². The Bertz CT molecular complexity index is 3230. The average molecular weight is 674 g/mol. The largest absolute Gasteiger partial charge is 0.292 e. The van der Waals surface area contributed by atoms with Crippen LogP contribution in [-0.2, 0) is 0 Å². The molecule has 11 aromatic rings. The molecule has 2 heterocycles. The number of para-hydroxylation sites is 1. The molecule has 0 saturated heterocycles. The quantitative estimate of drug-likeness (QED) is 0.174. The predicted octanol–water partition coefficient (Wildman–Crippen LogP) is 13.2. The Labute approximate surface area is 306 Å². The smallest absolute Gasteiger partial charge is 0.165 e. The van der Waals surface area contributed by atoms with Crippen LogP contribution in [-0.4, -0.2) is 14.5 Å². The lowest BCUT2D eigenvalue weighted by molar-refractivity contribution is 1.14.